The van der Waals surface area contributed by atoms with Crippen molar-refractivity contribution in [1.82, 2.24) is 0 Å². The third kappa shape index (κ3) is 1.66. The van der Waals surface area contributed by atoms with Gasteiger partial charge in [-0.05, 0) is 18.2 Å². The molecule has 0 amide bonds. The number of carbonyl (C=O) groups is 1. The van der Waals surface area contributed by atoms with Crippen molar-refractivity contribution in [3.63, 3.8) is 0 Å². The Balaban J connectivity index is 3.12. The van der Waals surface area contributed by atoms with Crippen molar-refractivity contribution in [2.75, 3.05) is 5.43 Å². The highest BCUT2D eigenvalue weighted by molar-refractivity contribution is 6.33. The Hall–Kier alpha value is -1.26. The lowest BCUT2D eigenvalue weighted by Crippen LogP contribution is -2.07. The molecular formula is C7H7ClN2O2. The van der Waals surface area contributed by atoms with Crippen LogP contribution in [0.1, 0.15) is 10.4 Å². The minimum absolute atomic E-state index is 0.0654. The highest BCUT2D eigenvalue weighted by Gasteiger charge is 2.07. The Morgan fingerprint density at radius 2 is 2.25 bits per heavy atom. The van der Waals surface area contributed by atoms with E-state index in [0.29, 0.717) is 5.69 Å². The first-order valence-corrected chi connectivity index (χ1v) is 3.52. The number of hydrogen-bond acceptors (Lipinski definition) is 3. The molecule has 0 unspecified atom stereocenters. The monoisotopic (exact) mass is 186 g/mol. The molecule has 0 saturated heterocycles. The zero-order valence-corrected chi connectivity index (χ0v) is 6.80. The molecule has 0 radical (unpaired) electrons. The molecule has 0 saturated carbocycles. The topological polar surface area (TPSA) is 75.3 Å². The molecule has 0 heterocycles. The number of carboxylic acid groups (broad SMARTS) is 1. The molecule has 0 fully saturated rings. The molecule has 0 spiro atoms. The molecule has 12 heavy (non-hydrogen) atoms. The van der Waals surface area contributed by atoms with Gasteiger partial charge < -0.3 is 10.5 Å². The van der Waals surface area contributed by atoms with Crippen LogP contribution in [0.2, 0.25) is 5.02 Å². The SMILES string of the molecule is NNc1ccc(C(=O)O)c(Cl)c1. The standard InChI is InChI=1S/C7H7ClN2O2/c8-6-3-4(10-9)1-2-5(6)7(11)12/h1-3,10H,9H2,(H,11,12). The maximum Gasteiger partial charge on any atom is 0.337 e. The molecule has 0 atom stereocenters. The molecule has 4 N–H and O–H groups in total. The van der Waals surface area contributed by atoms with Gasteiger partial charge in [-0.15, -0.1) is 0 Å². The van der Waals surface area contributed by atoms with E-state index in [4.69, 9.17) is 22.6 Å². The molecule has 0 aliphatic carbocycles. The van der Waals surface area contributed by atoms with Gasteiger partial charge in [0.15, 0.2) is 0 Å². The Morgan fingerprint density at radius 3 is 2.67 bits per heavy atom. The van der Waals surface area contributed by atoms with Crippen molar-refractivity contribution in [3.05, 3.63) is 28.8 Å². The molecule has 0 bridgehead atoms. The van der Waals surface area contributed by atoms with Gasteiger partial charge in [-0.3, -0.25) is 5.84 Å². The van der Waals surface area contributed by atoms with Gasteiger partial charge in [0, 0.05) is 5.69 Å². The first kappa shape index (κ1) is 8.83. The predicted molar refractivity (Wildman–Crippen MR) is 46.2 cm³/mol. The molecular weight excluding hydrogens is 180 g/mol. The molecule has 64 valence electrons. The number of nitrogen functional groups attached to an aromatic ring is 1. The molecule has 0 aromatic heterocycles. The fourth-order valence-corrected chi connectivity index (χ4v) is 1.04. The van der Waals surface area contributed by atoms with Crippen molar-refractivity contribution < 1.29 is 9.90 Å². The van der Waals surface area contributed by atoms with Gasteiger partial charge in [-0.25, -0.2) is 4.79 Å². The summed E-state index contributed by atoms with van der Waals surface area (Å²) in [5.41, 5.74) is 3.00. The van der Waals surface area contributed by atoms with Gasteiger partial charge in [0.05, 0.1) is 10.6 Å². The number of benzene rings is 1. The quantitative estimate of drug-likeness (QED) is 0.481. The lowest BCUT2D eigenvalue weighted by atomic mass is 10.2. The van der Waals surface area contributed by atoms with Crippen LogP contribution in [0.4, 0.5) is 5.69 Å². The summed E-state index contributed by atoms with van der Waals surface area (Å²) in [7, 11) is 0. The highest BCUT2D eigenvalue weighted by atomic mass is 35.5. The van der Waals surface area contributed by atoms with Gasteiger partial charge in [-0.2, -0.15) is 0 Å². The highest BCUT2D eigenvalue weighted by Crippen LogP contribution is 2.19. The van der Waals surface area contributed by atoms with Crippen molar-refractivity contribution in [2.45, 2.75) is 0 Å². The Kier molecular flexibility index (Phi) is 2.52. The number of carboxylic acids is 1. The molecule has 0 aliphatic heterocycles. The summed E-state index contributed by atoms with van der Waals surface area (Å²) in [6.07, 6.45) is 0. The third-order valence-corrected chi connectivity index (χ3v) is 1.68. The second kappa shape index (κ2) is 3.42. The number of halogens is 1. The van der Waals surface area contributed by atoms with E-state index in [1.54, 1.807) is 0 Å². The fourth-order valence-electron chi connectivity index (χ4n) is 0.778. The summed E-state index contributed by atoms with van der Waals surface area (Å²) in [5.74, 6) is 4.04. The van der Waals surface area contributed by atoms with Crippen LogP contribution in [0.25, 0.3) is 0 Å². The summed E-state index contributed by atoms with van der Waals surface area (Å²) >= 11 is 5.63. The molecule has 0 aliphatic rings. The average Bonchev–Trinajstić information content (AvgIpc) is 2.03. The van der Waals surface area contributed by atoms with Crippen molar-refractivity contribution in [1.29, 1.82) is 0 Å². The maximum absolute atomic E-state index is 10.5. The summed E-state index contributed by atoms with van der Waals surface area (Å²) in [4.78, 5) is 10.5. The van der Waals surface area contributed by atoms with E-state index in [2.05, 4.69) is 5.43 Å². The van der Waals surface area contributed by atoms with Crippen LogP contribution < -0.4 is 11.3 Å². The smallest absolute Gasteiger partial charge is 0.337 e. The van der Waals surface area contributed by atoms with E-state index in [1.807, 2.05) is 0 Å². The molecule has 5 heteroatoms. The Morgan fingerprint density at radius 1 is 1.58 bits per heavy atom. The average molecular weight is 187 g/mol. The molecule has 1 aromatic rings. The number of nitrogens with one attached hydrogen (secondary N) is 1. The number of rotatable bonds is 2. The summed E-state index contributed by atoms with van der Waals surface area (Å²) < 4.78 is 0. The van der Waals surface area contributed by atoms with Crippen LogP contribution in [0.15, 0.2) is 18.2 Å². The van der Waals surface area contributed by atoms with E-state index in [0.717, 1.165) is 0 Å². The number of hydrogen-bond donors (Lipinski definition) is 3. The van der Waals surface area contributed by atoms with E-state index in [1.165, 1.54) is 18.2 Å². The van der Waals surface area contributed by atoms with Gasteiger partial charge in [-0.1, -0.05) is 11.6 Å². The zero-order valence-electron chi connectivity index (χ0n) is 6.04. The van der Waals surface area contributed by atoms with Gasteiger partial charge in [0.2, 0.25) is 0 Å². The number of nitrogens with two attached hydrogens (primary N) is 1. The Bertz CT molecular complexity index is 314. The lowest BCUT2D eigenvalue weighted by Gasteiger charge is -2.02. The van der Waals surface area contributed by atoms with Crippen LogP contribution in [0.5, 0.6) is 0 Å². The van der Waals surface area contributed by atoms with Crippen molar-refractivity contribution >= 4 is 23.3 Å². The minimum Gasteiger partial charge on any atom is -0.478 e. The maximum atomic E-state index is 10.5. The van der Waals surface area contributed by atoms with Crippen molar-refractivity contribution in [2.24, 2.45) is 5.84 Å². The lowest BCUT2D eigenvalue weighted by molar-refractivity contribution is 0.0697. The second-order valence-electron chi connectivity index (χ2n) is 2.14. The zero-order chi connectivity index (χ0) is 9.14. The van der Waals surface area contributed by atoms with Crippen LogP contribution >= 0.6 is 11.6 Å². The second-order valence-corrected chi connectivity index (χ2v) is 2.55. The van der Waals surface area contributed by atoms with Crippen LogP contribution in [0.3, 0.4) is 0 Å². The fraction of sp³-hybridized carbons (Fsp3) is 0. The molecule has 1 rings (SSSR count). The van der Waals surface area contributed by atoms with E-state index in [9.17, 15) is 4.79 Å². The normalized spacial score (nSPS) is 9.50. The van der Waals surface area contributed by atoms with Crippen LogP contribution in [0, 0.1) is 0 Å². The van der Waals surface area contributed by atoms with E-state index >= 15 is 0 Å². The predicted octanol–water partition coefficient (Wildman–Crippen LogP) is 1.32. The van der Waals surface area contributed by atoms with E-state index in [-0.39, 0.29) is 10.6 Å². The van der Waals surface area contributed by atoms with Gasteiger partial charge >= 0.3 is 5.97 Å². The third-order valence-electron chi connectivity index (χ3n) is 1.37. The summed E-state index contributed by atoms with van der Waals surface area (Å²) in [6.45, 7) is 0. The minimum atomic E-state index is -1.05. The first-order chi connectivity index (χ1) is 5.65. The summed E-state index contributed by atoms with van der Waals surface area (Å²) in [6, 6.07) is 4.38. The van der Waals surface area contributed by atoms with Crippen LogP contribution in [-0.2, 0) is 0 Å². The van der Waals surface area contributed by atoms with E-state index < -0.39 is 5.97 Å². The molecule has 4 nitrogen and oxygen atoms in total. The molecule has 1 aromatic carbocycles. The summed E-state index contributed by atoms with van der Waals surface area (Å²) in [5, 5.41) is 8.76. The van der Waals surface area contributed by atoms with Gasteiger partial charge in [0.25, 0.3) is 0 Å². The number of aromatic carboxylic acids is 1. The van der Waals surface area contributed by atoms with Crippen LogP contribution in [-0.4, -0.2) is 11.1 Å². The first-order valence-electron chi connectivity index (χ1n) is 3.14. The number of anilines is 1. The van der Waals surface area contributed by atoms with Crippen molar-refractivity contribution in [3.8, 4) is 0 Å². The van der Waals surface area contributed by atoms with Gasteiger partial charge in [0.1, 0.15) is 0 Å². The largest absolute Gasteiger partial charge is 0.478 e. The Labute approximate surface area is 73.9 Å². The number of hydrazine groups is 1.